The fourth-order valence-corrected chi connectivity index (χ4v) is 3.05. The van der Waals surface area contributed by atoms with Crippen LogP contribution in [0, 0.1) is 10.1 Å². The summed E-state index contributed by atoms with van der Waals surface area (Å²) in [6, 6.07) is 5.73. The van der Waals surface area contributed by atoms with Crippen molar-refractivity contribution in [1.29, 1.82) is 0 Å². The van der Waals surface area contributed by atoms with E-state index in [2.05, 4.69) is 0 Å². The molecule has 0 bridgehead atoms. The first-order valence-corrected chi connectivity index (χ1v) is 8.00. The molecule has 0 unspecified atom stereocenters. The van der Waals surface area contributed by atoms with Crippen molar-refractivity contribution < 1.29 is 24.4 Å². The Morgan fingerprint density at radius 2 is 2.04 bits per heavy atom. The van der Waals surface area contributed by atoms with Gasteiger partial charge in [0.05, 0.1) is 16.4 Å². The summed E-state index contributed by atoms with van der Waals surface area (Å²) in [6.45, 7) is 5.32. The van der Waals surface area contributed by atoms with E-state index >= 15 is 0 Å². The molecule has 1 saturated heterocycles. The number of likely N-dealkylation sites (tertiary alicyclic amines) is 1. The van der Waals surface area contributed by atoms with Crippen molar-refractivity contribution in [3.8, 4) is 0 Å². The molecule has 0 radical (unpaired) electrons. The molecule has 1 heterocycles. The van der Waals surface area contributed by atoms with Crippen molar-refractivity contribution in [2.24, 2.45) is 0 Å². The van der Waals surface area contributed by atoms with Crippen LogP contribution < -0.4 is 5.11 Å². The maximum atomic E-state index is 12.5. The van der Waals surface area contributed by atoms with Gasteiger partial charge in [0.1, 0.15) is 5.60 Å². The Kier molecular flexibility index (Phi) is 5.01. The Balaban J connectivity index is 2.34. The van der Waals surface area contributed by atoms with Gasteiger partial charge in [-0.25, -0.2) is 4.79 Å². The van der Waals surface area contributed by atoms with Crippen LogP contribution in [0.4, 0.5) is 10.5 Å². The molecule has 0 saturated carbocycles. The minimum atomic E-state index is -1.57. The number of rotatable bonds is 4. The molecule has 2 rings (SSSR count). The molecule has 1 atom stereocenters. The van der Waals surface area contributed by atoms with Crippen molar-refractivity contribution in [2.75, 3.05) is 6.54 Å². The molecule has 1 aromatic carbocycles. The molecule has 1 aliphatic heterocycles. The number of carbonyl (C=O) groups excluding carboxylic acids is 2. The van der Waals surface area contributed by atoms with Gasteiger partial charge in [0.15, 0.2) is 0 Å². The van der Waals surface area contributed by atoms with Gasteiger partial charge >= 0.3 is 6.09 Å². The van der Waals surface area contributed by atoms with E-state index in [4.69, 9.17) is 4.74 Å². The molecule has 25 heavy (non-hydrogen) atoms. The first-order chi connectivity index (χ1) is 11.5. The summed E-state index contributed by atoms with van der Waals surface area (Å²) in [7, 11) is 0. The number of ether oxygens (including phenoxy) is 1. The van der Waals surface area contributed by atoms with E-state index in [1.54, 1.807) is 26.8 Å². The van der Waals surface area contributed by atoms with Crippen LogP contribution in [-0.2, 0) is 16.0 Å². The zero-order valence-corrected chi connectivity index (χ0v) is 14.5. The van der Waals surface area contributed by atoms with Crippen molar-refractivity contribution in [2.45, 2.75) is 51.2 Å². The number of carboxylic acids is 1. The summed E-state index contributed by atoms with van der Waals surface area (Å²) in [5, 5.41) is 22.9. The van der Waals surface area contributed by atoms with E-state index in [9.17, 15) is 24.8 Å². The zero-order chi connectivity index (χ0) is 18.8. The van der Waals surface area contributed by atoms with Gasteiger partial charge in [-0.15, -0.1) is 0 Å². The Bertz CT molecular complexity index is 697. The molecule has 1 amide bonds. The predicted molar refractivity (Wildman–Crippen MR) is 86.7 cm³/mol. The van der Waals surface area contributed by atoms with E-state index in [0.29, 0.717) is 12.0 Å². The molecule has 8 heteroatoms. The van der Waals surface area contributed by atoms with E-state index < -0.39 is 28.1 Å². The van der Waals surface area contributed by atoms with Crippen LogP contribution in [-0.4, -0.2) is 39.6 Å². The van der Waals surface area contributed by atoms with Crippen LogP contribution in [0.5, 0.6) is 0 Å². The second-order valence-corrected chi connectivity index (χ2v) is 7.16. The predicted octanol–water partition coefficient (Wildman–Crippen LogP) is 1.66. The molecule has 1 fully saturated rings. The number of hydrogen-bond acceptors (Lipinski definition) is 6. The van der Waals surface area contributed by atoms with Gasteiger partial charge in [-0.3, -0.25) is 15.0 Å². The topological polar surface area (TPSA) is 113 Å². The summed E-state index contributed by atoms with van der Waals surface area (Å²) in [5.74, 6) is -1.39. The molecule has 1 aromatic rings. The van der Waals surface area contributed by atoms with Gasteiger partial charge in [-0.05, 0) is 39.2 Å². The number of non-ortho nitro benzene ring substituents is 1. The fourth-order valence-electron chi connectivity index (χ4n) is 3.05. The van der Waals surface area contributed by atoms with Crippen LogP contribution in [0.2, 0.25) is 0 Å². The van der Waals surface area contributed by atoms with Gasteiger partial charge < -0.3 is 14.6 Å². The minimum absolute atomic E-state index is 0.0732. The third-order valence-electron chi connectivity index (χ3n) is 4.10. The van der Waals surface area contributed by atoms with Crippen LogP contribution >= 0.6 is 0 Å². The maximum Gasteiger partial charge on any atom is 0.411 e. The number of carboxylic acid groups (broad SMARTS) is 1. The van der Waals surface area contributed by atoms with E-state index in [0.717, 1.165) is 0 Å². The fraction of sp³-hybridized carbons (Fsp3) is 0.529. The highest BCUT2D eigenvalue weighted by molar-refractivity contribution is 5.84. The molecule has 136 valence electrons. The van der Waals surface area contributed by atoms with Crippen LogP contribution in [0.1, 0.15) is 39.2 Å². The number of nitrogens with zero attached hydrogens (tertiary/aromatic N) is 2. The Morgan fingerprint density at radius 3 is 2.60 bits per heavy atom. The van der Waals surface area contributed by atoms with Crippen molar-refractivity contribution >= 4 is 17.7 Å². The molecule has 0 aliphatic carbocycles. The van der Waals surface area contributed by atoms with Crippen molar-refractivity contribution in [3.05, 3.63) is 39.9 Å². The number of nitro groups is 1. The second kappa shape index (κ2) is 6.70. The Labute approximate surface area is 145 Å². The molecular formula is C17H21N2O6-. The highest BCUT2D eigenvalue weighted by Crippen LogP contribution is 2.34. The van der Waals surface area contributed by atoms with Gasteiger partial charge in [0.25, 0.3) is 5.69 Å². The Hall–Kier alpha value is -2.64. The van der Waals surface area contributed by atoms with Crippen LogP contribution in [0.3, 0.4) is 0 Å². The summed E-state index contributed by atoms with van der Waals surface area (Å²) in [6.07, 6.45) is -0.102. The van der Waals surface area contributed by atoms with Crippen LogP contribution in [0.25, 0.3) is 0 Å². The third kappa shape index (κ3) is 4.07. The summed E-state index contributed by atoms with van der Waals surface area (Å²) >= 11 is 0. The second-order valence-electron chi connectivity index (χ2n) is 7.16. The zero-order valence-electron chi connectivity index (χ0n) is 14.5. The molecule has 1 aliphatic rings. The number of carbonyl (C=O) groups is 2. The lowest BCUT2D eigenvalue weighted by molar-refractivity contribution is -0.384. The lowest BCUT2D eigenvalue weighted by Crippen LogP contribution is -2.60. The number of hydrogen-bond donors (Lipinski definition) is 0. The molecule has 0 N–H and O–H groups in total. The first kappa shape index (κ1) is 18.7. The van der Waals surface area contributed by atoms with Gasteiger partial charge in [0, 0.05) is 25.1 Å². The molecule has 8 nitrogen and oxygen atoms in total. The number of amides is 1. The van der Waals surface area contributed by atoms with Crippen LogP contribution in [0.15, 0.2) is 24.3 Å². The van der Waals surface area contributed by atoms with Gasteiger partial charge in [-0.2, -0.15) is 0 Å². The highest BCUT2D eigenvalue weighted by atomic mass is 16.6. The number of aliphatic carboxylic acids is 1. The summed E-state index contributed by atoms with van der Waals surface area (Å²) in [4.78, 5) is 35.9. The average Bonchev–Trinajstić information content (AvgIpc) is 2.91. The first-order valence-electron chi connectivity index (χ1n) is 8.00. The highest BCUT2D eigenvalue weighted by Gasteiger charge is 2.46. The normalized spacial score (nSPS) is 20.4. The lowest BCUT2D eigenvalue weighted by Gasteiger charge is -2.40. The van der Waals surface area contributed by atoms with E-state index in [1.807, 2.05) is 0 Å². The van der Waals surface area contributed by atoms with Crippen molar-refractivity contribution in [3.63, 3.8) is 0 Å². The third-order valence-corrected chi connectivity index (χ3v) is 4.10. The van der Waals surface area contributed by atoms with Crippen molar-refractivity contribution in [1.82, 2.24) is 4.90 Å². The number of nitro benzene ring substituents is 1. The molecular weight excluding hydrogens is 328 g/mol. The largest absolute Gasteiger partial charge is 0.548 e. The number of benzene rings is 1. The van der Waals surface area contributed by atoms with E-state index in [-0.39, 0.29) is 25.1 Å². The average molecular weight is 349 g/mol. The maximum absolute atomic E-state index is 12.5. The molecule has 0 aromatic heterocycles. The smallest absolute Gasteiger partial charge is 0.411 e. The standard InChI is InChI=1S/C17H22N2O6/c1-16(2,3)25-15(22)18-9-5-8-17(18,14(20)21)11-12-6-4-7-13(10-12)19(23)24/h4,6-7,10H,5,8-9,11H2,1-3H3,(H,20,21)/p-1/t17-/m0/s1. The lowest BCUT2D eigenvalue weighted by atomic mass is 9.88. The quantitative estimate of drug-likeness (QED) is 0.603. The molecule has 0 spiro atoms. The summed E-state index contributed by atoms with van der Waals surface area (Å²) < 4.78 is 5.31. The van der Waals surface area contributed by atoms with E-state index in [1.165, 1.54) is 23.1 Å². The monoisotopic (exact) mass is 349 g/mol. The summed E-state index contributed by atoms with van der Waals surface area (Å²) in [5.41, 5.74) is -2.01. The Morgan fingerprint density at radius 1 is 1.36 bits per heavy atom. The van der Waals surface area contributed by atoms with Gasteiger partial charge in [0.2, 0.25) is 0 Å². The SMILES string of the molecule is CC(C)(C)OC(=O)N1CCC[C@]1(Cc1cccc([N+](=O)[O-])c1)C(=O)[O-]. The minimum Gasteiger partial charge on any atom is -0.548 e. The van der Waals surface area contributed by atoms with Gasteiger partial charge in [-0.1, -0.05) is 12.1 Å².